The summed E-state index contributed by atoms with van der Waals surface area (Å²) in [4.78, 5) is 38.1. The van der Waals surface area contributed by atoms with Gasteiger partial charge in [-0.3, -0.25) is 14.5 Å². The van der Waals surface area contributed by atoms with Crippen molar-refractivity contribution in [1.29, 1.82) is 0 Å². The van der Waals surface area contributed by atoms with Gasteiger partial charge in [0.2, 0.25) is 5.91 Å². The molecule has 2 aliphatic rings. The van der Waals surface area contributed by atoms with Crippen molar-refractivity contribution in [2.24, 2.45) is 5.92 Å². The first kappa shape index (κ1) is 20.0. The smallest absolute Gasteiger partial charge is 0.325 e. The maximum atomic E-state index is 12.7. The predicted octanol–water partition coefficient (Wildman–Crippen LogP) is 1.69. The molecule has 2 fully saturated rings. The molecular weight excluding hydrogens is 362 g/mol. The summed E-state index contributed by atoms with van der Waals surface area (Å²) in [6.07, 6.45) is 3.06. The molecule has 0 bridgehead atoms. The van der Waals surface area contributed by atoms with Crippen LogP contribution in [0.1, 0.15) is 32.6 Å². The number of urea groups is 1. The summed E-state index contributed by atoms with van der Waals surface area (Å²) in [5, 5.41) is 5.49. The molecule has 1 spiro atoms. The molecule has 152 valence electrons. The highest BCUT2D eigenvalue weighted by molar-refractivity contribution is 6.09. The van der Waals surface area contributed by atoms with Crippen molar-refractivity contribution in [3.05, 3.63) is 24.3 Å². The molecule has 1 saturated heterocycles. The summed E-state index contributed by atoms with van der Waals surface area (Å²) >= 11 is 0. The first-order valence-electron chi connectivity index (χ1n) is 9.61. The highest BCUT2D eigenvalue weighted by Gasteiger charge is 2.52. The molecule has 1 aliphatic carbocycles. The topological polar surface area (TPSA) is 97.0 Å². The molecule has 3 rings (SSSR count). The highest BCUT2D eigenvalue weighted by atomic mass is 16.5. The first-order valence-corrected chi connectivity index (χ1v) is 9.61. The monoisotopic (exact) mass is 389 g/mol. The van der Waals surface area contributed by atoms with Crippen LogP contribution < -0.4 is 20.1 Å². The Morgan fingerprint density at radius 2 is 1.86 bits per heavy atom. The Balaban J connectivity index is 1.43. The van der Waals surface area contributed by atoms with E-state index in [9.17, 15) is 14.4 Å². The van der Waals surface area contributed by atoms with E-state index in [-0.39, 0.29) is 31.5 Å². The van der Waals surface area contributed by atoms with Crippen LogP contribution in [0.25, 0.3) is 0 Å². The van der Waals surface area contributed by atoms with E-state index in [0.717, 1.165) is 23.5 Å². The summed E-state index contributed by atoms with van der Waals surface area (Å²) in [6, 6.07) is 6.64. The molecule has 0 unspecified atom stereocenters. The van der Waals surface area contributed by atoms with E-state index in [1.54, 1.807) is 31.4 Å². The third-order valence-corrected chi connectivity index (χ3v) is 5.43. The Morgan fingerprint density at radius 1 is 1.21 bits per heavy atom. The summed E-state index contributed by atoms with van der Waals surface area (Å²) in [6.45, 7) is 2.43. The van der Waals surface area contributed by atoms with Crippen molar-refractivity contribution in [3.63, 3.8) is 0 Å². The van der Waals surface area contributed by atoms with Gasteiger partial charge in [0.15, 0.2) is 0 Å². The minimum absolute atomic E-state index is 0.273. The number of ether oxygens (including phenoxy) is 2. The van der Waals surface area contributed by atoms with E-state index in [1.807, 2.05) is 0 Å². The standard InChI is InChI=1S/C20H27N3O5/c1-14-7-9-20(10-8-14)18(25)23(19(26)22-20)13-17(24)21-11-12-28-16-5-3-15(27-2)4-6-16/h3-6,14H,7-13H2,1-2H3,(H,21,24)(H,22,26). The van der Waals surface area contributed by atoms with Gasteiger partial charge in [0.05, 0.1) is 13.7 Å². The largest absolute Gasteiger partial charge is 0.497 e. The van der Waals surface area contributed by atoms with Crippen molar-refractivity contribution >= 4 is 17.8 Å². The number of nitrogens with one attached hydrogen (secondary N) is 2. The zero-order valence-electron chi connectivity index (χ0n) is 16.3. The molecule has 1 aromatic carbocycles. The van der Waals surface area contributed by atoms with Crippen LogP contribution in [-0.4, -0.2) is 55.1 Å². The first-order chi connectivity index (χ1) is 13.4. The van der Waals surface area contributed by atoms with Gasteiger partial charge in [-0.15, -0.1) is 0 Å². The van der Waals surface area contributed by atoms with Gasteiger partial charge in [-0.05, 0) is 55.9 Å². The summed E-state index contributed by atoms with van der Waals surface area (Å²) < 4.78 is 10.6. The van der Waals surface area contributed by atoms with Gasteiger partial charge < -0.3 is 20.1 Å². The molecule has 8 nitrogen and oxygen atoms in total. The van der Waals surface area contributed by atoms with Crippen LogP contribution in [0.5, 0.6) is 11.5 Å². The molecule has 1 aromatic rings. The summed E-state index contributed by atoms with van der Waals surface area (Å²) in [7, 11) is 1.59. The number of imide groups is 1. The molecule has 1 heterocycles. The maximum absolute atomic E-state index is 12.7. The van der Waals surface area contributed by atoms with E-state index < -0.39 is 11.6 Å². The van der Waals surface area contributed by atoms with E-state index >= 15 is 0 Å². The fourth-order valence-electron chi connectivity index (χ4n) is 3.64. The molecule has 2 N–H and O–H groups in total. The average Bonchev–Trinajstić information content (AvgIpc) is 2.92. The molecule has 4 amide bonds. The molecule has 0 radical (unpaired) electrons. The van der Waals surface area contributed by atoms with Crippen molar-refractivity contribution in [3.8, 4) is 11.5 Å². The van der Waals surface area contributed by atoms with Gasteiger partial charge in [-0.1, -0.05) is 6.92 Å². The molecule has 0 aromatic heterocycles. The number of nitrogens with zero attached hydrogens (tertiary/aromatic N) is 1. The second-order valence-corrected chi connectivity index (χ2v) is 7.46. The van der Waals surface area contributed by atoms with E-state index in [0.29, 0.717) is 24.5 Å². The lowest BCUT2D eigenvalue weighted by molar-refractivity contribution is -0.136. The number of benzene rings is 1. The lowest BCUT2D eigenvalue weighted by Gasteiger charge is -2.33. The van der Waals surface area contributed by atoms with Gasteiger partial charge in [0.25, 0.3) is 5.91 Å². The van der Waals surface area contributed by atoms with Crippen LogP contribution in [0, 0.1) is 5.92 Å². The van der Waals surface area contributed by atoms with Gasteiger partial charge in [-0.2, -0.15) is 0 Å². The summed E-state index contributed by atoms with van der Waals surface area (Å²) in [5.74, 6) is 1.28. The van der Waals surface area contributed by atoms with Crippen molar-refractivity contribution < 1.29 is 23.9 Å². The van der Waals surface area contributed by atoms with Crippen molar-refractivity contribution in [2.45, 2.75) is 38.1 Å². The van der Waals surface area contributed by atoms with Crippen LogP contribution >= 0.6 is 0 Å². The number of carbonyl (C=O) groups excluding carboxylic acids is 3. The van der Waals surface area contributed by atoms with Gasteiger partial charge in [-0.25, -0.2) is 4.79 Å². The number of hydrogen-bond acceptors (Lipinski definition) is 5. The third-order valence-electron chi connectivity index (χ3n) is 5.43. The lowest BCUT2D eigenvalue weighted by atomic mass is 9.77. The second-order valence-electron chi connectivity index (χ2n) is 7.46. The van der Waals surface area contributed by atoms with E-state index in [4.69, 9.17) is 9.47 Å². The van der Waals surface area contributed by atoms with Gasteiger partial charge in [0, 0.05) is 0 Å². The third kappa shape index (κ3) is 4.37. The molecule has 1 aliphatic heterocycles. The van der Waals surface area contributed by atoms with Crippen molar-refractivity contribution in [1.82, 2.24) is 15.5 Å². The predicted molar refractivity (Wildman–Crippen MR) is 102 cm³/mol. The number of rotatable bonds is 7. The quantitative estimate of drug-likeness (QED) is 0.546. The summed E-state index contributed by atoms with van der Waals surface area (Å²) in [5.41, 5.74) is -0.818. The van der Waals surface area contributed by atoms with Crippen molar-refractivity contribution in [2.75, 3.05) is 26.8 Å². The highest BCUT2D eigenvalue weighted by Crippen LogP contribution is 2.36. The lowest BCUT2D eigenvalue weighted by Crippen LogP contribution is -2.50. The Hall–Kier alpha value is -2.77. The van der Waals surface area contributed by atoms with Gasteiger partial charge >= 0.3 is 6.03 Å². The number of methoxy groups -OCH3 is 1. The van der Waals surface area contributed by atoms with E-state index in [1.165, 1.54) is 0 Å². The number of hydrogen-bond donors (Lipinski definition) is 2. The zero-order valence-corrected chi connectivity index (χ0v) is 16.3. The van der Waals surface area contributed by atoms with Crippen LogP contribution in [-0.2, 0) is 9.59 Å². The Kier molecular flexibility index (Phi) is 6.06. The molecule has 0 atom stereocenters. The van der Waals surface area contributed by atoms with Crippen LogP contribution in [0.4, 0.5) is 4.79 Å². The zero-order chi connectivity index (χ0) is 20.1. The molecular formula is C20H27N3O5. The Morgan fingerprint density at radius 3 is 2.50 bits per heavy atom. The molecule has 28 heavy (non-hydrogen) atoms. The minimum Gasteiger partial charge on any atom is -0.497 e. The minimum atomic E-state index is -0.818. The average molecular weight is 389 g/mol. The Bertz CT molecular complexity index is 726. The molecule has 8 heteroatoms. The second kappa shape index (κ2) is 8.50. The normalized spacial score (nSPS) is 24.2. The van der Waals surface area contributed by atoms with Crippen LogP contribution in [0.2, 0.25) is 0 Å². The van der Waals surface area contributed by atoms with E-state index in [2.05, 4.69) is 17.6 Å². The Labute approximate surface area is 164 Å². The maximum Gasteiger partial charge on any atom is 0.325 e. The SMILES string of the molecule is COc1ccc(OCCNC(=O)CN2C(=O)NC3(CCC(C)CC3)C2=O)cc1. The fraction of sp³-hybridized carbons (Fsp3) is 0.550. The number of carbonyl (C=O) groups is 3. The van der Waals surface area contributed by atoms with Crippen LogP contribution in [0.3, 0.4) is 0 Å². The van der Waals surface area contributed by atoms with Crippen LogP contribution in [0.15, 0.2) is 24.3 Å². The fourth-order valence-corrected chi connectivity index (χ4v) is 3.64. The number of amides is 4. The molecule has 1 saturated carbocycles. The van der Waals surface area contributed by atoms with Gasteiger partial charge in [0.1, 0.15) is 30.2 Å².